The summed E-state index contributed by atoms with van der Waals surface area (Å²) in [4.78, 5) is 0. The molecule has 2 aliphatic carbocycles. The molecule has 0 heterocycles. The Labute approximate surface area is 89.6 Å². The van der Waals surface area contributed by atoms with Crippen LogP contribution in [0.15, 0.2) is 0 Å². The summed E-state index contributed by atoms with van der Waals surface area (Å²) in [5.74, 6) is 0. The average Bonchev–Trinajstić information content (AvgIpc) is 2.46. The molecule has 0 aromatic rings. The number of hydrogen-bond donors (Lipinski definition) is 0. The van der Waals surface area contributed by atoms with E-state index < -0.39 is 0 Å². The Bertz CT molecular complexity index is 154. The Kier molecular flexibility index (Phi) is 2.43. The topological polar surface area (TPSA) is 0 Å². The van der Waals surface area contributed by atoms with Crippen LogP contribution in [-0.4, -0.2) is 3.42 Å². The second-order valence-electron chi connectivity index (χ2n) is 5.12. The van der Waals surface area contributed by atoms with Gasteiger partial charge in [-0.1, -0.05) is 42.4 Å². The molecule has 1 heteroatoms. The van der Waals surface area contributed by atoms with E-state index in [-0.39, 0.29) is 0 Å². The van der Waals surface area contributed by atoms with E-state index in [0.29, 0.717) is 3.42 Å². The van der Waals surface area contributed by atoms with Gasteiger partial charge in [-0.3, -0.25) is 0 Å². The fourth-order valence-corrected chi connectivity index (χ4v) is 3.47. The van der Waals surface area contributed by atoms with Gasteiger partial charge in [-0.15, -0.1) is 0 Å². The molecule has 0 unspecified atom stereocenters. The minimum atomic E-state index is 0.631. The van der Waals surface area contributed by atoms with E-state index in [2.05, 4.69) is 29.5 Å². The van der Waals surface area contributed by atoms with Crippen LogP contribution in [-0.2, 0) is 0 Å². The molecule has 0 atom stereocenters. The van der Waals surface area contributed by atoms with Gasteiger partial charge in [0.05, 0.1) is 0 Å². The van der Waals surface area contributed by atoms with Gasteiger partial charge < -0.3 is 0 Å². The van der Waals surface area contributed by atoms with Crippen LogP contribution in [0.2, 0.25) is 0 Å². The Morgan fingerprint density at radius 2 is 1.33 bits per heavy atom. The average molecular weight is 278 g/mol. The minimum Gasteiger partial charge on any atom is -0.0792 e. The first-order valence-electron chi connectivity index (χ1n) is 5.31. The van der Waals surface area contributed by atoms with E-state index >= 15 is 0 Å². The molecule has 1 spiro atoms. The molecule has 0 bridgehead atoms. The fraction of sp³-hybridized carbons (Fsp3) is 1.00. The fourth-order valence-electron chi connectivity index (χ4n) is 2.93. The van der Waals surface area contributed by atoms with Gasteiger partial charge in [-0.05, 0) is 43.9 Å². The Morgan fingerprint density at radius 3 is 1.83 bits per heavy atom. The molecule has 2 rings (SSSR count). The Hall–Kier alpha value is 0.730. The molecule has 0 aliphatic heterocycles. The normalized spacial score (nSPS) is 32.5. The summed E-state index contributed by atoms with van der Waals surface area (Å²) < 4.78 is 0.631. The molecule has 0 saturated heterocycles. The summed E-state index contributed by atoms with van der Waals surface area (Å²) in [6.45, 7) is 2.43. The summed E-state index contributed by atoms with van der Waals surface area (Å²) in [6.07, 6.45) is 12.1. The molecular weight excluding hydrogens is 259 g/mol. The third-order valence-electron chi connectivity index (χ3n) is 4.02. The second-order valence-corrected chi connectivity index (χ2v) is 7.72. The highest BCUT2D eigenvalue weighted by molar-refractivity contribution is 14.1. The van der Waals surface area contributed by atoms with Crippen LogP contribution in [0.3, 0.4) is 0 Å². The van der Waals surface area contributed by atoms with E-state index in [0.717, 1.165) is 5.41 Å². The molecule has 0 N–H and O–H groups in total. The van der Waals surface area contributed by atoms with Crippen LogP contribution in [0.4, 0.5) is 0 Å². The first kappa shape index (κ1) is 9.29. The van der Waals surface area contributed by atoms with Gasteiger partial charge in [0, 0.05) is 3.42 Å². The SMILES string of the molecule is CC1(I)CCC2(CCCC2)CC1. The lowest BCUT2D eigenvalue weighted by Gasteiger charge is -2.40. The molecule has 2 fully saturated rings. The molecule has 0 aromatic carbocycles. The van der Waals surface area contributed by atoms with Crippen molar-refractivity contribution >= 4 is 22.6 Å². The lowest BCUT2D eigenvalue weighted by atomic mass is 9.70. The monoisotopic (exact) mass is 278 g/mol. The first-order chi connectivity index (χ1) is 5.62. The van der Waals surface area contributed by atoms with Crippen molar-refractivity contribution in [3.8, 4) is 0 Å². The quantitative estimate of drug-likeness (QED) is 0.457. The Morgan fingerprint density at radius 1 is 0.833 bits per heavy atom. The molecule has 0 radical (unpaired) electrons. The van der Waals surface area contributed by atoms with Crippen molar-refractivity contribution < 1.29 is 0 Å². The van der Waals surface area contributed by atoms with Crippen LogP contribution < -0.4 is 0 Å². The molecular formula is C11H19I. The van der Waals surface area contributed by atoms with Crippen molar-refractivity contribution in [3.63, 3.8) is 0 Å². The van der Waals surface area contributed by atoms with Crippen LogP contribution in [0.25, 0.3) is 0 Å². The zero-order valence-corrected chi connectivity index (χ0v) is 10.2. The molecule has 2 saturated carbocycles. The summed E-state index contributed by atoms with van der Waals surface area (Å²) >= 11 is 2.66. The predicted octanol–water partition coefficient (Wildman–Crippen LogP) is 4.31. The predicted molar refractivity (Wildman–Crippen MR) is 61.8 cm³/mol. The molecule has 0 amide bonds. The van der Waals surface area contributed by atoms with E-state index in [4.69, 9.17) is 0 Å². The maximum atomic E-state index is 2.66. The molecule has 12 heavy (non-hydrogen) atoms. The maximum absolute atomic E-state index is 2.66. The molecule has 70 valence electrons. The standard InChI is InChI=1S/C11H19I/c1-10(12)6-8-11(9-7-10)4-2-3-5-11/h2-9H2,1H3. The van der Waals surface area contributed by atoms with Gasteiger partial charge >= 0.3 is 0 Å². The lowest BCUT2D eigenvalue weighted by Crippen LogP contribution is -2.30. The van der Waals surface area contributed by atoms with Crippen LogP contribution in [0.1, 0.15) is 58.3 Å². The van der Waals surface area contributed by atoms with Crippen molar-refractivity contribution in [3.05, 3.63) is 0 Å². The van der Waals surface area contributed by atoms with Gasteiger partial charge in [0.15, 0.2) is 0 Å². The molecule has 2 aliphatic rings. The highest BCUT2D eigenvalue weighted by Crippen LogP contribution is 2.53. The van der Waals surface area contributed by atoms with Crippen molar-refractivity contribution in [1.82, 2.24) is 0 Å². The van der Waals surface area contributed by atoms with Gasteiger partial charge in [-0.25, -0.2) is 0 Å². The Balaban J connectivity index is 1.97. The molecule has 0 aromatic heterocycles. The number of halogens is 1. The highest BCUT2D eigenvalue weighted by Gasteiger charge is 2.40. The van der Waals surface area contributed by atoms with Gasteiger partial charge in [0.1, 0.15) is 0 Å². The molecule has 0 nitrogen and oxygen atoms in total. The summed E-state index contributed by atoms with van der Waals surface area (Å²) in [7, 11) is 0. The van der Waals surface area contributed by atoms with E-state index in [1.54, 1.807) is 12.8 Å². The maximum Gasteiger partial charge on any atom is 0.0194 e. The van der Waals surface area contributed by atoms with Gasteiger partial charge in [0.25, 0.3) is 0 Å². The van der Waals surface area contributed by atoms with E-state index in [1.165, 1.54) is 38.5 Å². The van der Waals surface area contributed by atoms with E-state index in [9.17, 15) is 0 Å². The summed E-state index contributed by atoms with van der Waals surface area (Å²) in [5, 5.41) is 0. The van der Waals surface area contributed by atoms with Gasteiger partial charge in [0.2, 0.25) is 0 Å². The highest BCUT2D eigenvalue weighted by atomic mass is 127. The smallest absolute Gasteiger partial charge is 0.0194 e. The number of alkyl halides is 1. The van der Waals surface area contributed by atoms with Gasteiger partial charge in [-0.2, -0.15) is 0 Å². The van der Waals surface area contributed by atoms with Crippen molar-refractivity contribution in [2.45, 2.75) is 61.7 Å². The third-order valence-corrected chi connectivity index (χ3v) is 5.10. The first-order valence-corrected chi connectivity index (χ1v) is 6.39. The zero-order valence-electron chi connectivity index (χ0n) is 8.03. The van der Waals surface area contributed by atoms with Crippen molar-refractivity contribution in [2.24, 2.45) is 5.41 Å². The van der Waals surface area contributed by atoms with E-state index in [1.807, 2.05) is 0 Å². The lowest BCUT2D eigenvalue weighted by molar-refractivity contribution is 0.181. The second kappa shape index (κ2) is 3.14. The third kappa shape index (κ3) is 1.80. The number of hydrogen-bond acceptors (Lipinski definition) is 0. The number of rotatable bonds is 0. The van der Waals surface area contributed by atoms with Crippen LogP contribution in [0.5, 0.6) is 0 Å². The largest absolute Gasteiger partial charge is 0.0792 e. The van der Waals surface area contributed by atoms with Crippen molar-refractivity contribution in [2.75, 3.05) is 0 Å². The minimum absolute atomic E-state index is 0.631. The van der Waals surface area contributed by atoms with Crippen LogP contribution >= 0.6 is 22.6 Å². The summed E-state index contributed by atoms with van der Waals surface area (Å²) in [5.41, 5.74) is 0.824. The van der Waals surface area contributed by atoms with Crippen LogP contribution in [0, 0.1) is 5.41 Å². The van der Waals surface area contributed by atoms with Crippen molar-refractivity contribution in [1.29, 1.82) is 0 Å². The summed E-state index contributed by atoms with van der Waals surface area (Å²) in [6, 6.07) is 0. The zero-order chi connectivity index (χ0) is 8.66.